The molecule has 0 aromatic rings. The Balaban J connectivity index is 2.36. The van der Waals surface area contributed by atoms with Crippen molar-refractivity contribution < 1.29 is 4.79 Å². The van der Waals surface area contributed by atoms with Crippen LogP contribution in [0.15, 0.2) is 0 Å². The highest BCUT2D eigenvalue weighted by Gasteiger charge is 2.26. The van der Waals surface area contributed by atoms with E-state index in [-0.39, 0.29) is 0 Å². The molecular formula is C10H20N2O. The molecule has 1 unspecified atom stereocenters. The molecule has 0 saturated carbocycles. The van der Waals surface area contributed by atoms with Crippen molar-refractivity contribution in [2.75, 3.05) is 13.1 Å². The van der Waals surface area contributed by atoms with Crippen LogP contribution in [-0.4, -0.2) is 29.9 Å². The maximum atomic E-state index is 11.6. The van der Waals surface area contributed by atoms with Gasteiger partial charge in [0.05, 0.1) is 0 Å². The monoisotopic (exact) mass is 184 g/mol. The molecule has 1 atom stereocenters. The Labute approximate surface area is 80.3 Å². The third kappa shape index (κ3) is 2.69. The van der Waals surface area contributed by atoms with Crippen LogP contribution in [0.4, 0.5) is 0 Å². The number of carbonyl (C=O) groups is 1. The van der Waals surface area contributed by atoms with Crippen molar-refractivity contribution in [3.63, 3.8) is 0 Å². The zero-order valence-electron chi connectivity index (χ0n) is 8.46. The van der Waals surface area contributed by atoms with Gasteiger partial charge in [-0.1, -0.05) is 6.92 Å². The molecule has 3 nitrogen and oxygen atoms in total. The number of nitrogens with two attached hydrogens (primary N) is 1. The molecule has 2 N–H and O–H groups in total. The molecular weight excluding hydrogens is 164 g/mol. The van der Waals surface area contributed by atoms with Crippen molar-refractivity contribution >= 4 is 5.91 Å². The average Bonchev–Trinajstić information content (AvgIpc) is 2.61. The van der Waals surface area contributed by atoms with Crippen LogP contribution in [0.3, 0.4) is 0 Å². The lowest BCUT2D eigenvalue weighted by atomic mass is 10.1. The number of nitrogens with zero attached hydrogens (tertiary/aromatic N) is 1. The lowest BCUT2D eigenvalue weighted by molar-refractivity contribution is -0.132. The van der Waals surface area contributed by atoms with Gasteiger partial charge in [0.1, 0.15) is 0 Å². The third-order valence-electron chi connectivity index (χ3n) is 2.76. The summed E-state index contributed by atoms with van der Waals surface area (Å²) in [5, 5.41) is 0. The normalized spacial score (nSPS) is 22.3. The molecule has 1 fully saturated rings. The second-order valence-electron chi connectivity index (χ2n) is 3.68. The van der Waals surface area contributed by atoms with Gasteiger partial charge < -0.3 is 10.6 Å². The molecule has 1 aliphatic heterocycles. The third-order valence-corrected chi connectivity index (χ3v) is 2.76. The summed E-state index contributed by atoms with van der Waals surface area (Å²) in [6, 6.07) is 0.505. The van der Waals surface area contributed by atoms with Gasteiger partial charge in [-0.3, -0.25) is 4.79 Å². The van der Waals surface area contributed by atoms with Gasteiger partial charge in [0.15, 0.2) is 0 Å². The van der Waals surface area contributed by atoms with Gasteiger partial charge in [-0.2, -0.15) is 0 Å². The van der Waals surface area contributed by atoms with E-state index in [9.17, 15) is 4.79 Å². The maximum Gasteiger partial charge on any atom is 0.222 e. The fourth-order valence-corrected chi connectivity index (χ4v) is 1.99. The average molecular weight is 184 g/mol. The first-order valence-electron chi connectivity index (χ1n) is 5.29. The smallest absolute Gasteiger partial charge is 0.222 e. The number of rotatable bonds is 4. The molecule has 3 heteroatoms. The van der Waals surface area contributed by atoms with Crippen LogP contribution in [0, 0.1) is 0 Å². The van der Waals surface area contributed by atoms with Gasteiger partial charge in [-0.25, -0.2) is 0 Å². The Morgan fingerprint density at radius 2 is 2.38 bits per heavy atom. The van der Waals surface area contributed by atoms with Gasteiger partial charge >= 0.3 is 0 Å². The Morgan fingerprint density at radius 3 is 3.00 bits per heavy atom. The SMILES string of the molecule is CCC1CCCN1C(=O)CCCN. The summed E-state index contributed by atoms with van der Waals surface area (Å²) in [6.45, 7) is 3.73. The van der Waals surface area contributed by atoms with E-state index in [0.29, 0.717) is 24.9 Å². The molecule has 1 heterocycles. The van der Waals surface area contributed by atoms with E-state index < -0.39 is 0 Å². The van der Waals surface area contributed by atoms with Crippen molar-refractivity contribution in [2.24, 2.45) is 5.73 Å². The summed E-state index contributed by atoms with van der Waals surface area (Å²) in [5.74, 6) is 0.301. The molecule has 1 rings (SSSR count). The predicted octanol–water partition coefficient (Wildman–Crippen LogP) is 1.13. The molecule has 0 aromatic heterocycles. The fraction of sp³-hybridized carbons (Fsp3) is 0.900. The zero-order chi connectivity index (χ0) is 9.68. The van der Waals surface area contributed by atoms with Crippen molar-refractivity contribution in [3.8, 4) is 0 Å². The molecule has 76 valence electrons. The molecule has 13 heavy (non-hydrogen) atoms. The lowest BCUT2D eigenvalue weighted by Gasteiger charge is -2.23. The van der Waals surface area contributed by atoms with Gasteiger partial charge in [-0.05, 0) is 32.2 Å². The van der Waals surface area contributed by atoms with Crippen molar-refractivity contribution in [2.45, 2.75) is 45.1 Å². The summed E-state index contributed by atoms with van der Waals surface area (Å²) < 4.78 is 0. The molecule has 1 saturated heterocycles. The van der Waals surface area contributed by atoms with Crippen LogP contribution in [0.5, 0.6) is 0 Å². The van der Waals surface area contributed by atoms with Crippen LogP contribution in [-0.2, 0) is 4.79 Å². The highest BCUT2D eigenvalue weighted by atomic mass is 16.2. The number of hydrogen-bond acceptors (Lipinski definition) is 2. The van der Waals surface area contributed by atoms with Crippen LogP contribution < -0.4 is 5.73 Å². The molecule has 1 amide bonds. The molecule has 0 radical (unpaired) electrons. The van der Waals surface area contributed by atoms with E-state index in [1.54, 1.807) is 0 Å². The summed E-state index contributed by atoms with van der Waals surface area (Å²) in [5.41, 5.74) is 5.37. The Kier molecular flexibility index (Phi) is 4.22. The minimum absolute atomic E-state index is 0.301. The maximum absolute atomic E-state index is 11.6. The minimum Gasteiger partial charge on any atom is -0.340 e. The van der Waals surface area contributed by atoms with Gasteiger partial charge in [0.2, 0.25) is 5.91 Å². The first kappa shape index (κ1) is 10.5. The van der Waals surface area contributed by atoms with Crippen molar-refractivity contribution in [1.82, 2.24) is 4.90 Å². The van der Waals surface area contributed by atoms with E-state index in [1.807, 2.05) is 4.90 Å². The van der Waals surface area contributed by atoms with Crippen LogP contribution >= 0.6 is 0 Å². The zero-order valence-corrected chi connectivity index (χ0v) is 8.46. The number of amides is 1. The van der Waals surface area contributed by atoms with Gasteiger partial charge in [0, 0.05) is 19.0 Å². The predicted molar refractivity (Wildman–Crippen MR) is 53.3 cm³/mol. The van der Waals surface area contributed by atoms with E-state index in [2.05, 4.69) is 6.92 Å². The second kappa shape index (κ2) is 5.22. The van der Waals surface area contributed by atoms with E-state index in [1.165, 1.54) is 12.8 Å². The first-order valence-corrected chi connectivity index (χ1v) is 5.29. The molecule has 1 aliphatic rings. The van der Waals surface area contributed by atoms with E-state index >= 15 is 0 Å². The van der Waals surface area contributed by atoms with Crippen LogP contribution in [0.1, 0.15) is 39.0 Å². The first-order chi connectivity index (χ1) is 6.29. The lowest BCUT2D eigenvalue weighted by Crippen LogP contribution is -2.35. The van der Waals surface area contributed by atoms with E-state index in [4.69, 9.17) is 5.73 Å². The molecule has 0 aliphatic carbocycles. The van der Waals surface area contributed by atoms with Crippen LogP contribution in [0.2, 0.25) is 0 Å². The van der Waals surface area contributed by atoms with Gasteiger partial charge in [0.25, 0.3) is 0 Å². The summed E-state index contributed by atoms with van der Waals surface area (Å²) in [7, 11) is 0. The molecule has 0 aromatic carbocycles. The molecule has 0 bridgehead atoms. The fourth-order valence-electron chi connectivity index (χ4n) is 1.99. The quantitative estimate of drug-likeness (QED) is 0.712. The number of carbonyl (C=O) groups excluding carboxylic acids is 1. The Bertz CT molecular complexity index is 170. The standard InChI is InChI=1S/C10H20N2O/c1-2-9-5-4-8-12(9)10(13)6-3-7-11/h9H,2-8,11H2,1H3. The largest absolute Gasteiger partial charge is 0.340 e. The van der Waals surface area contributed by atoms with E-state index in [0.717, 1.165) is 19.4 Å². The van der Waals surface area contributed by atoms with Crippen LogP contribution in [0.25, 0.3) is 0 Å². The summed E-state index contributed by atoms with van der Waals surface area (Å²) >= 11 is 0. The summed E-state index contributed by atoms with van der Waals surface area (Å²) in [4.78, 5) is 13.7. The highest BCUT2D eigenvalue weighted by Crippen LogP contribution is 2.20. The second-order valence-corrected chi connectivity index (χ2v) is 3.68. The Morgan fingerprint density at radius 1 is 1.62 bits per heavy atom. The van der Waals surface area contributed by atoms with Crippen molar-refractivity contribution in [3.05, 3.63) is 0 Å². The summed E-state index contributed by atoms with van der Waals surface area (Å²) in [6.07, 6.45) is 4.91. The molecule has 0 spiro atoms. The Hall–Kier alpha value is -0.570. The number of hydrogen-bond donors (Lipinski definition) is 1. The number of likely N-dealkylation sites (tertiary alicyclic amines) is 1. The van der Waals surface area contributed by atoms with Crippen molar-refractivity contribution in [1.29, 1.82) is 0 Å². The minimum atomic E-state index is 0.301. The van der Waals surface area contributed by atoms with Gasteiger partial charge in [-0.15, -0.1) is 0 Å². The highest BCUT2D eigenvalue weighted by molar-refractivity contribution is 5.76. The topological polar surface area (TPSA) is 46.3 Å².